The summed E-state index contributed by atoms with van der Waals surface area (Å²) in [5.74, 6) is 0.171. The Morgan fingerprint density at radius 2 is 1.92 bits per heavy atom. The van der Waals surface area contributed by atoms with E-state index in [1.165, 1.54) is 6.21 Å². The highest BCUT2D eigenvalue weighted by molar-refractivity contribution is 6.36. The van der Waals surface area contributed by atoms with Crippen LogP contribution in [-0.4, -0.2) is 31.4 Å². The molecule has 2 N–H and O–H groups in total. The van der Waals surface area contributed by atoms with E-state index >= 15 is 0 Å². The minimum atomic E-state index is -0.486. The van der Waals surface area contributed by atoms with E-state index in [1.807, 2.05) is 0 Å². The van der Waals surface area contributed by atoms with E-state index in [0.717, 1.165) is 0 Å². The topological polar surface area (TPSA) is 89.0 Å². The molecule has 0 atom stereocenters. The molecule has 134 valence electrons. The molecule has 1 aliphatic heterocycles. The van der Waals surface area contributed by atoms with Crippen molar-refractivity contribution in [3.05, 3.63) is 57.6 Å². The average Bonchev–Trinajstić information content (AvgIpc) is 3.09. The highest BCUT2D eigenvalue weighted by Crippen LogP contribution is 2.32. The van der Waals surface area contributed by atoms with Crippen molar-refractivity contribution in [3.63, 3.8) is 0 Å². The lowest BCUT2D eigenvalue weighted by Gasteiger charge is -2.05. The normalized spacial score (nSPS) is 12.2. The number of carbonyl (C=O) groups is 2. The van der Waals surface area contributed by atoms with E-state index in [0.29, 0.717) is 32.7 Å². The SMILES string of the molecule is O=C(CNC(=O)c1ccc2c(c1)OCO2)N/N=C\c1ccc(Cl)cc1Cl. The second kappa shape index (κ2) is 8.07. The maximum atomic E-state index is 12.1. The van der Waals surface area contributed by atoms with Crippen molar-refractivity contribution in [2.45, 2.75) is 0 Å². The summed E-state index contributed by atoms with van der Waals surface area (Å²) in [4.78, 5) is 23.8. The van der Waals surface area contributed by atoms with Gasteiger partial charge in [0.25, 0.3) is 11.8 Å². The van der Waals surface area contributed by atoms with Crippen molar-refractivity contribution in [2.75, 3.05) is 13.3 Å². The van der Waals surface area contributed by atoms with Gasteiger partial charge >= 0.3 is 0 Å². The molecule has 7 nitrogen and oxygen atoms in total. The number of rotatable bonds is 5. The van der Waals surface area contributed by atoms with Gasteiger partial charge in [0.15, 0.2) is 11.5 Å². The van der Waals surface area contributed by atoms with Gasteiger partial charge in [0.05, 0.1) is 17.8 Å². The maximum Gasteiger partial charge on any atom is 0.259 e. The first-order chi connectivity index (χ1) is 12.5. The van der Waals surface area contributed by atoms with Crippen LogP contribution in [0.4, 0.5) is 0 Å². The quantitative estimate of drug-likeness (QED) is 0.603. The molecule has 0 fully saturated rings. The van der Waals surface area contributed by atoms with Gasteiger partial charge in [-0.25, -0.2) is 5.43 Å². The minimum Gasteiger partial charge on any atom is -0.454 e. The number of hydrogen-bond donors (Lipinski definition) is 2. The van der Waals surface area contributed by atoms with Crippen LogP contribution in [0.1, 0.15) is 15.9 Å². The highest BCUT2D eigenvalue weighted by atomic mass is 35.5. The fraction of sp³-hybridized carbons (Fsp3) is 0.118. The van der Waals surface area contributed by atoms with Crippen LogP contribution in [0.15, 0.2) is 41.5 Å². The third-order valence-corrected chi connectivity index (χ3v) is 3.96. The number of hydrogen-bond acceptors (Lipinski definition) is 5. The standard InChI is InChI=1S/C17H13Cl2N3O4/c18-12-3-1-11(13(19)6-12)7-21-22-16(23)8-20-17(24)10-2-4-14-15(5-10)26-9-25-14/h1-7H,8-9H2,(H,20,24)(H,22,23)/b21-7-. The number of benzene rings is 2. The first-order valence-electron chi connectivity index (χ1n) is 7.48. The fourth-order valence-corrected chi connectivity index (χ4v) is 2.58. The molecule has 1 heterocycles. The molecule has 0 spiro atoms. The predicted molar refractivity (Wildman–Crippen MR) is 97.1 cm³/mol. The second-order valence-corrected chi connectivity index (χ2v) is 6.05. The lowest BCUT2D eigenvalue weighted by molar-refractivity contribution is -0.120. The Balaban J connectivity index is 1.49. The van der Waals surface area contributed by atoms with Gasteiger partial charge in [0.1, 0.15) is 0 Å². The number of hydrazone groups is 1. The van der Waals surface area contributed by atoms with Gasteiger partial charge in [-0.3, -0.25) is 9.59 Å². The Hall–Kier alpha value is -2.77. The minimum absolute atomic E-state index is 0.123. The molecule has 0 unspecified atom stereocenters. The molecule has 0 saturated carbocycles. The molecule has 26 heavy (non-hydrogen) atoms. The number of nitrogens with one attached hydrogen (secondary N) is 2. The Morgan fingerprint density at radius 3 is 2.73 bits per heavy atom. The van der Waals surface area contributed by atoms with Crippen molar-refractivity contribution < 1.29 is 19.1 Å². The van der Waals surface area contributed by atoms with E-state index in [-0.39, 0.29) is 13.3 Å². The molecule has 0 aliphatic carbocycles. The Kier molecular flexibility index (Phi) is 5.60. The molecule has 2 aromatic rings. The summed E-state index contributed by atoms with van der Waals surface area (Å²) >= 11 is 11.8. The smallest absolute Gasteiger partial charge is 0.259 e. The van der Waals surface area contributed by atoms with E-state index in [2.05, 4.69) is 15.8 Å². The predicted octanol–water partition coefficient (Wildman–Crippen LogP) is 2.60. The van der Waals surface area contributed by atoms with E-state index in [9.17, 15) is 9.59 Å². The second-order valence-electron chi connectivity index (χ2n) is 5.21. The van der Waals surface area contributed by atoms with Crippen molar-refractivity contribution in [2.24, 2.45) is 5.10 Å². The molecule has 2 aromatic carbocycles. The maximum absolute atomic E-state index is 12.1. The van der Waals surface area contributed by atoms with Crippen LogP contribution in [0.3, 0.4) is 0 Å². The first kappa shape index (κ1) is 18.0. The van der Waals surface area contributed by atoms with E-state index in [1.54, 1.807) is 36.4 Å². The van der Waals surface area contributed by atoms with Crippen molar-refractivity contribution in [1.29, 1.82) is 0 Å². The molecule has 0 saturated heterocycles. The van der Waals surface area contributed by atoms with Crippen LogP contribution in [0.25, 0.3) is 0 Å². The van der Waals surface area contributed by atoms with Crippen molar-refractivity contribution in [1.82, 2.24) is 10.7 Å². The van der Waals surface area contributed by atoms with E-state index in [4.69, 9.17) is 32.7 Å². The zero-order chi connectivity index (χ0) is 18.5. The van der Waals surface area contributed by atoms with Crippen LogP contribution in [0.5, 0.6) is 11.5 Å². The third kappa shape index (κ3) is 4.44. The van der Waals surface area contributed by atoms with Crippen LogP contribution in [-0.2, 0) is 4.79 Å². The summed E-state index contributed by atoms with van der Waals surface area (Å²) in [6.45, 7) is -0.114. The van der Waals surface area contributed by atoms with Gasteiger partial charge in [-0.05, 0) is 30.3 Å². The van der Waals surface area contributed by atoms with Crippen molar-refractivity contribution >= 4 is 41.2 Å². The fourth-order valence-electron chi connectivity index (χ4n) is 2.12. The van der Waals surface area contributed by atoms with Gasteiger partial charge in [-0.1, -0.05) is 29.3 Å². The summed E-state index contributed by atoms with van der Waals surface area (Å²) in [7, 11) is 0. The molecular weight excluding hydrogens is 381 g/mol. The van der Waals surface area contributed by atoms with Gasteiger partial charge in [-0.2, -0.15) is 5.10 Å². The number of carbonyl (C=O) groups excluding carboxylic acids is 2. The summed E-state index contributed by atoms with van der Waals surface area (Å²) in [5, 5.41) is 7.19. The van der Waals surface area contributed by atoms with E-state index < -0.39 is 11.8 Å². The largest absolute Gasteiger partial charge is 0.454 e. The summed E-state index contributed by atoms with van der Waals surface area (Å²) in [6, 6.07) is 9.66. The monoisotopic (exact) mass is 393 g/mol. The number of fused-ring (bicyclic) bond motifs is 1. The lowest BCUT2D eigenvalue weighted by atomic mass is 10.2. The molecule has 0 aromatic heterocycles. The molecule has 0 bridgehead atoms. The van der Waals surface area contributed by atoms with Gasteiger partial charge in [-0.15, -0.1) is 0 Å². The number of amides is 2. The van der Waals surface area contributed by atoms with Crippen molar-refractivity contribution in [3.8, 4) is 11.5 Å². The molecular formula is C17H13Cl2N3O4. The average molecular weight is 394 g/mol. The van der Waals surface area contributed by atoms with Crippen LogP contribution in [0, 0.1) is 0 Å². The molecule has 0 radical (unpaired) electrons. The van der Waals surface area contributed by atoms with Crippen LogP contribution in [0.2, 0.25) is 10.0 Å². The number of ether oxygens (including phenoxy) is 2. The molecule has 2 amide bonds. The Morgan fingerprint density at radius 1 is 1.12 bits per heavy atom. The Labute approximate surface area is 158 Å². The number of nitrogens with zero attached hydrogens (tertiary/aromatic N) is 1. The van der Waals surface area contributed by atoms with Gasteiger partial charge in [0.2, 0.25) is 6.79 Å². The lowest BCUT2D eigenvalue weighted by Crippen LogP contribution is -2.34. The zero-order valence-electron chi connectivity index (χ0n) is 13.3. The Bertz CT molecular complexity index is 886. The van der Waals surface area contributed by atoms with Gasteiger partial charge < -0.3 is 14.8 Å². The van der Waals surface area contributed by atoms with Gasteiger partial charge in [0, 0.05) is 16.1 Å². The third-order valence-electron chi connectivity index (χ3n) is 3.40. The molecule has 1 aliphatic rings. The number of halogens is 2. The molecule has 3 rings (SSSR count). The summed E-state index contributed by atoms with van der Waals surface area (Å²) < 4.78 is 10.4. The highest BCUT2D eigenvalue weighted by Gasteiger charge is 2.16. The summed E-state index contributed by atoms with van der Waals surface area (Å²) in [5.41, 5.74) is 3.26. The zero-order valence-corrected chi connectivity index (χ0v) is 14.8. The first-order valence-corrected chi connectivity index (χ1v) is 8.23. The van der Waals surface area contributed by atoms with Crippen LogP contribution >= 0.6 is 23.2 Å². The van der Waals surface area contributed by atoms with Crippen LogP contribution < -0.4 is 20.2 Å². The molecule has 9 heteroatoms. The summed E-state index contributed by atoms with van der Waals surface area (Å²) in [6.07, 6.45) is 1.39.